The second kappa shape index (κ2) is 6.85. The van der Waals surface area contributed by atoms with E-state index >= 15 is 0 Å². The Morgan fingerprint density at radius 3 is 1.52 bits per heavy atom. The van der Waals surface area contributed by atoms with Gasteiger partial charge >= 0.3 is 0 Å². The van der Waals surface area contributed by atoms with E-state index in [1.807, 2.05) is 63.8 Å². The summed E-state index contributed by atoms with van der Waals surface area (Å²) in [7, 11) is 0. The summed E-state index contributed by atoms with van der Waals surface area (Å²) in [5, 5.41) is 0. The van der Waals surface area contributed by atoms with Gasteiger partial charge in [-0.3, -0.25) is 19.2 Å². The van der Waals surface area contributed by atoms with Crippen molar-refractivity contribution >= 4 is 28.8 Å². The number of carbonyl (C=O) groups excluding carboxylic acids is 4. The van der Waals surface area contributed by atoms with Crippen molar-refractivity contribution in [3.63, 3.8) is 0 Å². The normalized spacial score (nSPS) is 26.5. The molecule has 3 aliphatic rings. The van der Waals surface area contributed by atoms with Crippen LogP contribution in [0.3, 0.4) is 0 Å². The smallest absolute Gasteiger partial charge is 0.148 e. The van der Waals surface area contributed by atoms with Gasteiger partial charge in [-0.05, 0) is 41.9 Å². The molecule has 0 atom stereocenters. The summed E-state index contributed by atoms with van der Waals surface area (Å²) in [6.07, 6.45) is 1.23. The average molecular weight is 424 g/mol. The molecule has 0 aromatic heterocycles. The van der Waals surface area contributed by atoms with Gasteiger partial charge in [-0.15, -0.1) is 0 Å². The molecule has 2 spiro atoms. The van der Waals surface area contributed by atoms with Gasteiger partial charge in [-0.2, -0.15) is 0 Å². The van der Waals surface area contributed by atoms with Gasteiger partial charge in [0.25, 0.3) is 0 Å². The van der Waals surface area contributed by atoms with Crippen molar-refractivity contribution in [3.05, 3.63) is 29.8 Å². The standard InChI is InChI=1S/C26H33NO4/c1-17-7-6-8-18(9-17)27-15-25(19(28)10-23(2,3)11-20(25)29)14-26(16-27)21(30)12-24(4,5)13-22(26)31/h6-9H,10-16H2,1-5H3. The van der Waals surface area contributed by atoms with E-state index in [1.54, 1.807) is 0 Å². The van der Waals surface area contributed by atoms with E-state index < -0.39 is 10.8 Å². The Kier molecular flexibility index (Phi) is 4.84. The summed E-state index contributed by atoms with van der Waals surface area (Å²) < 4.78 is 0. The van der Waals surface area contributed by atoms with Crippen LogP contribution >= 0.6 is 0 Å². The Hall–Kier alpha value is -2.30. The first kappa shape index (κ1) is 21.9. The van der Waals surface area contributed by atoms with Gasteiger partial charge < -0.3 is 4.90 Å². The number of nitrogens with zero attached hydrogens (tertiary/aromatic N) is 1. The molecule has 2 saturated carbocycles. The van der Waals surface area contributed by atoms with Crippen LogP contribution in [-0.4, -0.2) is 36.2 Å². The summed E-state index contributed by atoms with van der Waals surface area (Å²) in [6.45, 7) is 10.2. The SMILES string of the molecule is Cc1cccc(N2CC3(CC4(C2)C(=O)CC(C)(C)CC4=O)C(=O)CC(C)(C)CC3=O)c1. The zero-order valence-electron chi connectivity index (χ0n) is 19.3. The lowest BCUT2D eigenvalue weighted by molar-refractivity contribution is -0.159. The van der Waals surface area contributed by atoms with Gasteiger partial charge in [0.15, 0.2) is 0 Å². The molecule has 166 valence electrons. The summed E-state index contributed by atoms with van der Waals surface area (Å²) in [6, 6.07) is 7.84. The number of Topliss-reactive ketones (excluding diaryl/α,β-unsaturated/α-hetero) is 4. The molecule has 1 heterocycles. The van der Waals surface area contributed by atoms with Crippen LogP contribution in [0.15, 0.2) is 24.3 Å². The Bertz CT molecular complexity index is 891. The first-order chi connectivity index (χ1) is 14.3. The van der Waals surface area contributed by atoms with Crippen LogP contribution in [-0.2, 0) is 19.2 Å². The van der Waals surface area contributed by atoms with Crippen molar-refractivity contribution in [2.45, 2.75) is 66.7 Å². The summed E-state index contributed by atoms with van der Waals surface area (Å²) in [5.41, 5.74) is -1.44. The molecule has 1 saturated heterocycles. The maximum absolute atomic E-state index is 13.5. The van der Waals surface area contributed by atoms with Crippen molar-refractivity contribution in [1.29, 1.82) is 0 Å². The quantitative estimate of drug-likeness (QED) is 0.636. The highest BCUT2D eigenvalue weighted by Crippen LogP contribution is 2.54. The fourth-order valence-electron chi connectivity index (χ4n) is 5.94. The van der Waals surface area contributed by atoms with Gasteiger partial charge in [-0.25, -0.2) is 0 Å². The van der Waals surface area contributed by atoms with E-state index in [9.17, 15) is 19.2 Å². The molecule has 5 nitrogen and oxygen atoms in total. The van der Waals surface area contributed by atoms with Crippen molar-refractivity contribution < 1.29 is 19.2 Å². The maximum Gasteiger partial charge on any atom is 0.148 e. The Morgan fingerprint density at radius 2 is 1.13 bits per heavy atom. The van der Waals surface area contributed by atoms with E-state index in [0.717, 1.165) is 11.3 Å². The predicted octanol–water partition coefficient (Wildman–Crippen LogP) is 4.09. The number of aryl methyl sites for hydroxylation is 1. The molecular formula is C26H33NO4. The highest BCUT2D eigenvalue weighted by atomic mass is 16.2. The molecule has 0 N–H and O–H groups in total. The molecule has 0 amide bonds. The van der Waals surface area contributed by atoms with Gasteiger partial charge in [0.2, 0.25) is 0 Å². The third kappa shape index (κ3) is 3.56. The largest absolute Gasteiger partial charge is 0.369 e. The number of benzene rings is 1. The Labute approximate surface area is 184 Å². The van der Waals surface area contributed by atoms with Crippen LogP contribution in [0, 0.1) is 28.6 Å². The molecule has 5 heteroatoms. The molecule has 1 aliphatic heterocycles. The first-order valence-corrected chi connectivity index (χ1v) is 11.2. The minimum absolute atomic E-state index is 0.0454. The Morgan fingerprint density at radius 1 is 0.710 bits per heavy atom. The lowest BCUT2D eigenvalue weighted by atomic mass is 9.51. The molecule has 0 unspecified atom stereocenters. The van der Waals surface area contributed by atoms with E-state index in [1.165, 1.54) is 0 Å². The highest BCUT2D eigenvalue weighted by Gasteiger charge is 2.64. The number of ketones is 4. The topological polar surface area (TPSA) is 71.5 Å². The van der Waals surface area contributed by atoms with Crippen molar-refractivity contribution in [1.82, 2.24) is 0 Å². The monoisotopic (exact) mass is 423 g/mol. The third-order valence-corrected chi connectivity index (χ3v) is 7.58. The van der Waals surface area contributed by atoms with Crippen LogP contribution in [0.1, 0.15) is 65.4 Å². The van der Waals surface area contributed by atoms with Crippen LogP contribution in [0.5, 0.6) is 0 Å². The number of carbonyl (C=O) groups is 4. The number of hydrogen-bond donors (Lipinski definition) is 0. The van der Waals surface area contributed by atoms with E-state index in [0.29, 0.717) is 25.7 Å². The second-order valence-electron chi connectivity index (χ2n) is 11.8. The van der Waals surface area contributed by atoms with Crippen LogP contribution in [0.25, 0.3) is 0 Å². The van der Waals surface area contributed by atoms with Gasteiger partial charge in [-0.1, -0.05) is 39.8 Å². The summed E-state index contributed by atoms with van der Waals surface area (Å²) >= 11 is 0. The molecule has 1 aromatic rings. The minimum atomic E-state index is -1.29. The molecular weight excluding hydrogens is 390 g/mol. The van der Waals surface area contributed by atoms with Crippen LogP contribution in [0.4, 0.5) is 5.69 Å². The van der Waals surface area contributed by atoms with Crippen molar-refractivity contribution in [2.75, 3.05) is 18.0 Å². The minimum Gasteiger partial charge on any atom is -0.369 e. The number of piperidine rings is 1. The molecule has 3 fully saturated rings. The fourth-order valence-corrected chi connectivity index (χ4v) is 5.94. The van der Waals surface area contributed by atoms with E-state index in [2.05, 4.69) is 0 Å². The van der Waals surface area contributed by atoms with E-state index in [4.69, 9.17) is 0 Å². The molecule has 0 bridgehead atoms. The molecule has 1 aromatic carbocycles. The second-order valence-corrected chi connectivity index (χ2v) is 11.8. The fraction of sp³-hybridized carbons (Fsp3) is 0.615. The number of hydrogen-bond acceptors (Lipinski definition) is 5. The molecule has 4 rings (SSSR count). The lowest BCUT2D eigenvalue weighted by Crippen LogP contribution is -2.66. The molecule has 2 aliphatic carbocycles. The summed E-state index contributed by atoms with van der Waals surface area (Å²) in [5.74, 6) is -0.460. The third-order valence-electron chi connectivity index (χ3n) is 7.58. The molecule has 31 heavy (non-hydrogen) atoms. The number of anilines is 1. The number of rotatable bonds is 1. The predicted molar refractivity (Wildman–Crippen MR) is 119 cm³/mol. The van der Waals surface area contributed by atoms with Gasteiger partial charge in [0.1, 0.15) is 34.0 Å². The van der Waals surface area contributed by atoms with Crippen LogP contribution < -0.4 is 4.90 Å². The maximum atomic E-state index is 13.5. The molecule has 0 radical (unpaired) electrons. The zero-order chi connectivity index (χ0) is 22.8. The van der Waals surface area contributed by atoms with Crippen molar-refractivity contribution in [3.8, 4) is 0 Å². The van der Waals surface area contributed by atoms with Gasteiger partial charge in [0, 0.05) is 44.5 Å². The average Bonchev–Trinajstić information content (AvgIpc) is 2.63. The summed E-state index contributed by atoms with van der Waals surface area (Å²) in [4.78, 5) is 56.1. The van der Waals surface area contributed by atoms with E-state index in [-0.39, 0.29) is 53.5 Å². The van der Waals surface area contributed by atoms with Crippen LogP contribution in [0.2, 0.25) is 0 Å². The first-order valence-electron chi connectivity index (χ1n) is 11.2. The van der Waals surface area contributed by atoms with Crippen molar-refractivity contribution in [2.24, 2.45) is 21.7 Å². The zero-order valence-corrected chi connectivity index (χ0v) is 19.3. The highest BCUT2D eigenvalue weighted by molar-refractivity contribution is 6.15. The Balaban J connectivity index is 1.84. The van der Waals surface area contributed by atoms with Gasteiger partial charge in [0.05, 0.1) is 0 Å². The lowest BCUT2D eigenvalue weighted by Gasteiger charge is -2.54.